The van der Waals surface area contributed by atoms with Crippen LogP contribution < -0.4 is 5.32 Å². The zero-order valence-corrected chi connectivity index (χ0v) is 16.4. The van der Waals surface area contributed by atoms with Gasteiger partial charge in [0.1, 0.15) is 11.3 Å². The van der Waals surface area contributed by atoms with Gasteiger partial charge in [0, 0.05) is 40.6 Å². The van der Waals surface area contributed by atoms with Crippen LogP contribution in [-0.4, -0.2) is 9.97 Å². The van der Waals surface area contributed by atoms with Crippen LogP contribution in [0.5, 0.6) is 0 Å². The first kappa shape index (κ1) is 17.3. The molecule has 0 unspecified atom stereocenters. The van der Waals surface area contributed by atoms with Gasteiger partial charge in [-0.1, -0.05) is 36.4 Å². The molecule has 4 nitrogen and oxygen atoms in total. The van der Waals surface area contributed by atoms with Crippen LogP contribution in [0.4, 0.5) is 11.4 Å². The number of allylic oxidation sites excluding steroid dienone is 1. The highest BCUT2D eigenvalue weighted by Crippen LogP contribution is 2.34. The summed E-state index contributed by atoms with van der Waals surface area (Å²) in [7, 11) is 0. The molecular formula is C25H21N3O. The fourth-order valence-electron chi connectivity index (χ4n) is 3.66. The number of rotatable bonds is 4. The van der Waals surface area contributed by atoms with Crippen LogP contribution >= 0.6 is 0 Å². The lowest BCUT2D eigenvalue weighted by Gasteiger charge is -2.10. The first-order chi connectivity index (χ1) is 14.1. The van der Waals surface area contributed by atoms with Crippen molar-refractivity contribution in [2.45, 2.75) is 13.8 Å². The molecule has 3 aromatic heterocycles. The number of H-pyrrole nitrogens is 1. The zero-order valence-electron chi connectivity index (χ0n) is 16.4. The van der Waals surface area contributed by atoms with E-state index in [0.29, 0.717) is 0 Å². The van der Waals surface area contributed by atoms with Crippen LogP contribution in [0, 0.1) is 6.92 Å². The number of hydrogen-bond acceptors (Lipinski definition) is 3. The maximum atomic E-state index is 6.22. The average molecular weight is 379 g/mol. The number of hydrogen-bond donors (Lipinski definition) is 2. The molecule has 2 aromatic carbocycles. The third-order valence-corrected chi connectivity index (χ3v) is 5.35. The van der Waals surface area contributed by atoms with Crippen molar-refractivity contribution >= 4 is 39.0 Å². The lowest BCUT2D eigenvalue weighted by atomic mass is 10.1. The number of pyridine rings is 1. The van der Waals surface area contributed by atoms with Gasteiger partial charge in [0.15, 0.2) is 5.58 Å². The molecule has 0 bridgehead atoms. The van der Waals surface area contributed by atoms with Crippen LogP contribution in [0.25, 0.3) is 38.9 Å². The van der Waals surface area contributed by atoms with Crippen molar-refractivity contribution in [2.75, 3.05) is 5.32 Å². The van der Waals surface area contributed by atoms with Gasteiger partial charge in [-0.15, -0.1) is 0 Å². The molecular weight excluding hydrogens is 358 g/mol. The number of furan rings is 1. The summed E-state index contributed by atoms with van der Waals surface area (Å²) in [5, 5.41) is 4.73. The van der Waals surface area contributed by atoms with E-state index in [1.165, 1.54) is 10.9 Å². The Labute approximate surface area is 168 Å². The third kappa shape index (κ3) is 2.99. The van der Waals surface area contributed by atoms with E-state index in [-0.39, 0.29) is 0 Å². The van der Waals surface area contributed by atoms with Crippen molar-refractivity contribution < 1.29 is 4.42 Å². The second-order valence-electron chi connectivity index (χ2n) is 7.34. The summed E-state index contributed by atoms with van der Waals surface area (Å²) in [4.78, 5) is 7.74. The fourth-order valence-corrected chi connectivity index (χ4v) is 3.66. The lowest BCUT2D eigenvalue weighted by molar-refractivity contribution is 0.632. The quantitative estimate of drug-likeness (QED) is 0.351. The monoisotopic (exact) mass is 379 g/mol. The van der Waals surface area contributed by atoms with Crippen molar-refractivity contribution in [1.82, 2.24) is 9.97 Å². The predicted octanol–water partition coefficient (Wildman–Crippen LogP) is 7.06. The molecule has 4 heteroatoms. The molecule has 0 atom stereocenters. The number of aromatic amines is 1. The van der Waals surface area contributed by atoms with Crippen molar-refractivity contribution in [3.63, 3.8) is 0 Å². The normalized spacial score (nSPS) is 11.2. The van der Waals surface area contributed by atoms with Gasteiger partial charge < -0.3 is 14.7 Å². The number of benzene rings is 2. The number of nitrogens with one attached hydrogen (secondary N) is 2. The summed E-state index contributed by atoms with van der Waals surface area (Å²) in [6, 6.07) is 18.4. The minimum absolute atomic E-state index is 0.750. The largest absolute Gasteiger partial charge is 0.452 e. The first-order valence-corrected chi connectivity index (χ1v) is 9.59. The summed E-state index contributed by atoms with van der Waals surface area (Å²) in [5.74, 6) is 0.799. The summed E-state index contributed by atoms with van der Waals surface area (Å²) in [5.41, 5.74) is 9.04. The molecule has 5 rings (SSSR count). The molecule has 0 aliphatic heterocycles. The number of nitrogens with zero attached hydrogens (tertiary/aromatic N) is 1. The number of anilines is 2. The van der Waals surface area contributed by atoms with Gasteiger partial charge in [0.05, 0.1) is 5.69 Å². The summed E-state index contributed by atoms with van der Waals surface area (Å²) in [6.45, 7) is 8.12. The Bertz CT molecular complexity index is 1360. The highest BCUT2D eigenvalue weighted by molar-refractivity contribution is 5.94. The highest BCUT2D eigenvalue weighted by atomic mass is 16.3. The first-order valence-electron chi connectivity index (χ1n) is 9.59. The minimum Gasteiger partial charge on any atom is -0.452 e. The number of aromatic nitrogens is 2. The summed E-state index contributed by atoms with van der Waals surface area (Å²) in [6.07, 6.45) is 3.77. The molecule has 3 heterocycles. The predicted molar refractivity (Wildman–Crippen MR) is 120 cm³/mol. The van der Waals surface area contributed by atoms with Crippen LogP contribution in [-0.2, 0) is 0 Å². The lowest BCUT2D eigenvalue weighted by Crippen LogP contribution is -1.94. The molecule has 0 fully saturated rings. The van der Waals surface area contributed by atoms with Crippen molar-refractivity contribution in [1.29, 1.82) is 0 Å². The smallest absolute Gasteiger partial charge is 0.176 e. The number of aryl methyl sites for hydroxylation is 1. The molecule has 0 aliphatic rings. The molecule has 0 amide bonds. The standard InChI is InChI=1S/C25H21N3O/c1-15(2)17-4-6-18(7-5-17)24-14-23-25(29-24)22(11-13-27-23)28-20-8-9-21-19(16(20)3)10-12-26-21/h4-14,26H,1H2,2-3H3,(H,27,28). The zero-order chi connectivity index (χ0) is 20.0. The Morgan fingerprint density at radius 2 is 1.86 bits per heavy atom. The van der Waals surface area contributed by atoms with Gasteiger partial charge in [-0.05, 0) is 49.2 Å². The number of fused-ring (bicyclic) bond motifs is 2. The molecule has 0 radical (unpaired) electrons. The Morgan fingerprint density at radius 1 is 1.03 bits per heavy atom. The van der Waals surface area contributed by atoms with Crippen molar-refractivity contribution in [3.8, 4) is 11.3 Å². The molecule has 142 valence electrons. The molecule has 0 spiro atoms. The van der Waals surface area contributed by atoms with Gasteiger partial charge in [-0.25, -0.2) is 0 Å². The van der Waals surface area contributed by atoms with Crippen molar-refractivity contribution in [3.05, 3.63) is 84.7 Å². The van der Waals surface area contributed by atoms with Crippen molar-refractivity contribution in [2.24, 2.45) is 0 Å². The van der Waals surface area contributed by atoms with E-state index in [1.807, 2.05) is 25.3 Å². The van der Waals surface area contributed by atoms with Crippen LogP contribution in [0.3, 0.4) is 0 Å². The third-order valence-electron chi connectivity index (χ3n) is 5.35. The van der Waals surface area contributed by atoms with Crippen LogP contribution in [0.15, 0.2) is 78.0 Å². The van der Waals surface area contributed by atoms with Gasteiger partial charge in [0.2, 0.25) is 0 Å². The second kappa shape index (κ2) is 6.67. The van der Waals surface area contributed by atoms with E-state index in [2.05, 4.69) is 71.3 Å². The van der Waals surface area contributed by atoms with Gasteiger partial charge in [-0.3, -0.25) is 4.98 Å². The summed E-state index contributed by atoms with van der Waals surface area (Å²) < 4.78 is 6.22. The molecule has 29 heavy (non-hydrogen) atoms. The topological polar surface area (TPSA) is 53.9 Å². The molecule has 5 aromatic rings. The summed E-state index contributed by atoms with van der Waals surface area (Å²) >= 11 is 0. The Balaban J connectivity index is 1.54. The second-order valence-corrected chi connectivity index (χ2v) is 7.34. The molecule has 0 aliphatic carbocycles. The maximum Gasteiger partial charge on any atom is 0.176 e. The van der Waals surface area contributed by atoms with E-state index < -0.39 is 0 Å². The Morgan fingerprint density at radius 3 is 2.66 bits per heavy atom. The molecule has 2 N–H and O–H groups in total. The molecule has 0 saturated heterocycles. The van der Waals surface area contributed by atoms with Gasteiger partial charge in [0.25, 0.3) is 0 Å². The van der Waals surface area contributed by atoms with Gasteiger partial charge in [-0.2, -0.15) is 0 Å². The molecule has 0 saturated carbocycles. The minimum atomic E-state index is 0.750. The van der Waals surface area contributed by atoms with Crippen LogP contribution in [0.2, 0.25) is 0 Å². The van der Waals surface area contributed by atoms with Crippen LogP contribution in [0.1, 0.15) is 18.1 Å². The van der Waals surface area contributed by atoms with E-state index in [4.69, 9.17) is 4.42 Å². The van der Waals surface area contributed by atoms with E-state index in [1.54, 1.807) is 6.20 Å². The SMILES string of the molecule is C=C(C)c1ccc(-c2cc3nccc(Nc4ccc5[nH]ccc5c4C)c3o2)cc1. The highest BCUT2D eigenvalue weighted by Gasteiger charge is 2.13. The Hall–Kier alpha value is -3.79. The van der Waals surface area contributed by atoms with Gasteiger partial charge >= 0.3 is 0 Å². The maximum absolute atomic E-state index is 6.22. The van der Waals surface area contributed by atoms with E-state index in [9.17, 15) is 0 Å². The average Bonchev–Trinajstić information content (AvgIpc) is 3.38. The van der Waals surface area contributed by atoms with E-state index >= 15 is 0 Å². The fraction of sp³-hybridized carbons (Fsp3) is 0.0800. The Kier molecular flexibility index (Phi) is 3.98. The van der Waals surface area contributed by atoms with E-state index in [0.717, 1.165) is 50.5 Å².